The van der Waals surface area contributed by atoms with Gasteiger partial charge in [-0.15, -0.1) is 0 Å². The Morgan fingerprint density at radius 2 is 2.11 bits per heavy atom. The van der Waals surface area contributed by atoms with Crippen molar-refractivity contribution in [3.63, 3.8) is 0 Å². The number of hydrogen-bond donors (Lipinski definition) is 2. The van der Waals surface area contributed by atoms with Gasteiger partial charge in [0, 0.05) is 0 Å². The van der Waals surface area contributed by atoms with Crippen LogP contribution in [0.5, 0.6) is 5.75 Å². The minimum Gasteiger partial charge on any atom is -0.491 e. The highest BCUT2D eigenvalue weighted by molar-refractivity contribution is 5.86. The number of nitrogens with one attached hydrogen (secondary N) is 1. The summed E-state index contributed by atoms with van der Waals surface area (Å²) in [5, 5.41) is 11.1. The largest absolute Gasteiger partial charge is 0.491 e. The zero-order chi connectivity index (χ0) is 13.4. The predicted molar refractivity (Wildman–Crippen MR) is 68.8 cm³/mol. The van der Waals surface area contributed by atoms with Crippen LogP contribution in [0.25, 0.3) is 0 Å². The van der Waals surface area contributed by atoms with Gasteiger partial charge in [-0.3, -0.25) is 5.32 Å². The number of aliphatic hydroxyl groups is 1. The van der Waals surface area contributed by atoms with E-state index < -0.39 is 6.09 Å². The van der Waals surface area contributed by atoms with E-state index in [4.69, 9.17) is 14.6 Å². The van der Waals surface area contributed by atoms with E-state index in [0.717, 1.165) is 0 Å². The maximum absolute atomic E-state index is 11.4. The van der Waals surface area contributed by atoms with Crippen LogP contribution in [0.1, 0.15) is 13.8 Å². The molecule has 0 unspecified atom stereocenters. The Hall–Kier alpha value is -1.75. The molecule has 2 N–H and O–H groups in total. The highest BCUT2D eigenvalue weighted by Gasteiger charge is 2.08. The Morgan fingerprint density at radius 1 is 1.39 bits per heavy atom. The van der Waals surface area contributed by atoms with Crippen molar-refractivity contribution >= 4 is 11.8 Å². The van der Waals surface area contributed by atoms with Gasteiger partial charge in [0.1, 0.15) is 12.4 Å². The number of benzene rings is 1. The van der Waals surface area contributed by atoms with Gasteiger partial charge in [-0.2, -0.15) is 0 Å². The van der Waals surface area contributed by atoms with Crippen LogP contribution in [-0.2, 0) is 4.74 Å². The van der Waals surface area contributed by atoms with E-state index in [-0.39, 0.29) is 13.2 Å². The summed E-state index contributed by atoms with van der Waals surface area (Å²) in [5.74, 6) is 1.01. The van der Waals surface area contributed by atoms with Crippen LogP contribution in [0.4, 0.5) is 10.5 Å². The zero-order valence-electron chi connectivity index (χ0n) is 10.7. The molecule has 0 aliphatic carbocycles. The van der Waals surface area contributed by atoms with Gasteiger partial charge in [-0.05, 0) is 18.1 Å². The molecule has 1 aromatic rings. The highest BCUT2D eigenvalue weighted by Crippen LogP contribution is 2.24. The molecule has 1 amide bonds. The Kier molecular flexibility index (Phi) is 6.00. The first kappa shape index (κ1) is 14.3. The second-order valence-corrected chi connectivity index (χ2v) is 4.19. The predicted octanol–water partition coefficient (Wildman–Crippen LogP) is 2.26. The lowest BCUT2D eigenvalue weighted by atomic mass is 10.2. The molecule has 18 heavy (non-hydrogen) atoms. The van der Waals surface area contributed by atoms with E-state index in [9.17, 15) is 4.79 Å². The molecule has 5 nitrogen and oxygen atoms in total. The lowest BCUT2D eigenvalue weighted by Gasteiger charge is -2.13. The molecule has 0 atom stereocenters. The smallest absolute Gasteiger partial charge is 0.411 e. The van der Waals surface area contributed by atoms with Gasteiger partial charge in [0.05, 0.1) is 18.9 Å². The fourth-order valence-electron chi connectivity index (χ4n) is 1.24. The Labute approximate surface area is 107 Å². The van der Waals surface area contributed by atoms with Crippen LogP contribution >= 0.6 is 0 Å². The highest BCUT2D eigenvalue weighted by atomic mass is 16.6. The first-order valence-corrected chi connectivity index (χ1v) is 5.90. The Balaban J connectivity index is 2.61. The molecule has 0 spiro atoms. The molecule has 0 heterocycles. The number of para-hydroxylation sites is 2. The molecular formula is C13H19NO4. The molecule has 0 aliphatic heterocycles. The number of carbonyl (C=O) groups is 1. The number of aliphatic hydroxyl groups excluding tert-OH is 1. The number of amides is 1. The zero-order valence-corrected chi connectivity index (χ0v) is 10.7. The van der Waals surface area contributed by atoms with Crippen LogP contribution < -0.4 is 10.1 Å². The fourth-order valence-corrected chi connectivity index (χ4v) is 1.24. The number of carbonyl (C=O) groups excluding carboxylic acids is 1. The SMILES string of the molecule is CC(C)COc1ccccc1NC(=O)OCCO. The van der Waals surface area contributed by atoms with Gasteiger partial charge >= 0.3 is 6.09 Å². The van der Waals surface area contributed by atoms with Gasteiger partial charge in [0.25, 0.3) is 0 Å². The summed E-state index contributed by atoms with van der Waals surface area (Å²) in [6, 6.07) is 7.14. The molecule has 0 fully saturated rings. The third-order valence-electron chi connectivity index (χ3n) is 2.02. The lowest BCUT2D eigenvalue weighted by Crippen LogP contribution is -2.16. The van der Waals surface area contributed by atoms with Gasteiger partial charge < -0.3 is 14.6 Å². The molecule has 0 saturated heterocycles. The molecule has 1 aromatic carbocycles. The summed E-state index contributed by atoms with van der Waals surface area (Å²) in [5.41, 5.74) is 0.557. The maximum atomic E-state index is 11.4. The van der Waals surface area contributed by atoms with E-state index in [1.54, 1.807) is 18.2 Å². The Bertz CT molecular complexity index is 379. The number of ether oxygens (including phenoxy) is 2. The summed E-state index contributed by atoms with van der Waals surface area (Å²) in [7, 11) is 0. The first-order chi connectivity index (χ1) is 8.63. The molecule has 0 bridgehead atoms. The molecule has 0 radical (unpaired) electrons. The molecule has 1 rings (SSSR count). The van der Waals surface area contributed by atoms with Crippen LogP contribution in [-0.4, -0.2) is 31.0 Å². The van der Waals surface area contributed by atoms with Crippen molar-refractivity contribution in [2.45, 2.75) is 13.8 Å². The second-order valence-electron chi connectivity index (χ2n) is 4.19. The minimum absolute atomic E-state index is 0.0269. The van der Waals surface area contributed by atoms with Crippen molar-refractivity contribution in [1.82, 2.24) is 0 Å². The lowest BCUT2D eigenvalue weighted by molar-refractivity contribution is 0.131. The van der Waals surface area contributed by atoms with Gasteiger partial charge in [-0.1, -0.05) is 26.0 Å². The van der Waals surface area contributed by atoms with E-state index in [0.29, 0.717) is 24.0 Å². The third-order valence-corrected chi connectivity index (χ3v) is 2.02. The molecule has 0 saturated carbocycles. The second kappa shape index (κ2) is 7.55. The van der Waals surface area contributed by atoms with Crippen LogP contribution in [0.2, 0.25) is 0 Å². The first-order valence-electron chi connectivity index (χ1n) is 5.90. The molecule has 5 heteroatoms. The third kappa shape index (κ3) is 5.05. The van der Waals surface area contributed by atoms with Crippen molar-refractivity contribution < 1.29 is 19.4 Å². The van der Waals surface area contributed by atoms with Crippen LogP contribution in [0.15, 0.2) is 24.3 Å². The molecular weight excluding hydrogens is 234 g/mol. The standard InChI is InChI=1S/C13H19NO4/c1-10(2)9-18-12-6-4-3-5-11(12)14-13(16)17-8-7-15/h3-6,10,15H,7-9H2,1-2H3,(H,14,16). The maximum Gasteiger partial charge on any atom is 0.411 e. The average Bonchev–Trinajstić information content (AvgIpc) is 2.35. The monoisotopic (exact) mass is 253 g/mol. The number of hydrogen-bond acceptors (Lipinski definition) is 4. The summed E-state index contributed by atoms with van der Waals surface area (Å²) < 4.78 is 10.3. The van der Waals surface area contributed by atoms with Crippen molar-refractivity contribution in [2.24, 2.45) is 5.92 Å². The van der Waals surface area contributed by atoms with Crippen molar-refractivity contribution in [2.75, 3.05) is 25.1 Å². The average molecular weight is 253 g/mol. The Morgan fingerprint density at radius 3 is 2.78 bits per heavy atom. The number of anilines is 1. The quantitative estimate of drug-likeness (QED) is 0.816. The van der Waals surface area contributed by atoms with Crippen molar-refractivity contribution in [1.29, 1.82) is 0 Å². The number of rotatable bonds is 6. The van der Waals surface area contributed by atoms with E-state index in [1.165, 1.54) is 0 Å². The summed E-state index contributed by atoms with van der Waals surface area (Å²) in [6.45, 7) is 4.45. The summed E-state index contributed by atoms with van der Waals surface area (Å²) in [4.78, 5) is 11.4. The molecule has 0 aliphatic rings. The van der Waals surface area contributed by atoms with E-state index >= 15 is 0 Å². The van der Waals surface area contributed by atoms with Gasteiger partial charge in [-0.25, -0.2) is 4.79 Å². The van der Waals surface area contributed by atoms with Crippen LogP contribution in [0, 0.1) is 5.92 Å². The topological polar surface area (TPSA) is 67.8 Å². The minimum atomic E-state index is -0.607. The summed E-state index contributed by atoms with van der Waals surface area (Å²) in [6.07, 6.45) is -0.607. The molecule has 100 valence electrons. The van der Waals surface area contributed by atoms with Gasteiger partial charge in [0.15, 0.2) is 0 Å². The van der Waals surface area contributed by atoms with Gasteiger partial charge in [0.2, 0.25) is 0 Å². The summed E-state index contributed by atoms with van der Waals surface area (Å²) >= 11 is 0. The molecule has 0 aromatic heterocycles. The van der Waals surface area contributed by atoms with Crippen LogP contribution in [0.3, 0.4) is 0 Å². The van der Waals surface area contributed by atoms with Crippen molar-refractivity contribution in [3.8, 4) is 5.75 Å². The normalized spacial score (nSPS) is 10.2. The van der Waals surface area contributed by atoms with E-state index in [1.807, 2.05) is 19.9 Å². The van der Waals surface area contributed by atoms with Crippen molar-refractivity contribution in [3.05, 3.63) is 24.3 Å². The van der Waals surface area contributed by atoms with E-state index in [2.05, 4.69) is 5.32 Å². The fraction of sp³-hybridized carbons (Fsp3) is 0.462.